The summed E-state index contributed by atoms with van der Waals surface area (Å²) in [6, 6.07) is 14.7. The fourth-order valence-electron chi connectivity index (χ4n) is 3.20. The molecule has 3 nitrogen and oxygen atoms in total. The van der Waals surface area contributed by atoms with Crippen LogP contribution in [0.2, 0.25) is 5.02 Å². The van der Waals surface area contributed by atoms with Crippen LogP contribution in [-0.2, 0) is 10.0 Å². The van der Waals surface area contributed by atoms with E-state index < -0.39 is 27.7 Å². The van der Waals surface area contributed by atoms with Gasteiger partial charge in [0, 0.05) is 11.1 Å². The summed E-state index contributed by atoms with van der Waals surface area (Å²) in [5.74, 6) is -1.58. The first-order chi connectivity index (χ1) is 13.8. The van der Waals surface area contributed by atoms with Crippen LogP contribution in [0.15, 0.2) is 71.6 Å². The van der Waals surface area contributed by atoms with Gasteiger partial charge in [0.15, 0.2) is 0 Å². The standard InChI is InChI=1S/C22H19ClF2NO2S/c1-3-16-6-4-5-7-20(16)15(2)26(22-14-18(24)10-13-21(22)25)29(27,28)19-11-8-17(23)9-12-19/h3-15H,1-2H3/t15-/m1/s1. The Morgan fingerprint density at radius 2 is 1.66 bits per heavy atom. The second-order valence-electron chi connectivity index (χ2n) is 6.44. The van der Waals surface area contributed by atoms with Gasteiger partial charge in [-0.2, -0.15) is 0 Å². The van der Waals surface area contributed by atoms with Crippen molar-refractivity contribution in [3.63, 3.8) is 0 Å². The number of sulfonamides is 1. The van der Waals surface area contributed by atoms with Crippen LogP contribution in [0.25, 0.3) is 0 Å². The van der Waals surface area contributed by atoms with Crippen molar-refractivity contribution < 1.29 is 17.2 Å². The molecule has 0 aromatic heterocycles. The zero-order chi connectivity index (χ0) is 21.2. The summed E-state index contributed by atoms with van der Waals surface area (Å²) in [5.41, 5.74) is 1.10. The van der Waals surface area contributed by atoms with Gasteiger partial charge in [-0.25, -0.2) is 17.2 Å². The molecule has 0 heterocycles. The number of hydrogen-bond acceptors (Lipinski definition) is 2. The molecular formula is C22H19ClF2NO2S. The van der Waals surface area contributed by atoms with E-state index in [9.17, 15) is 17.2 Å². The number of benzene rings is 3. The van der Waals surface area contributed by atoms with Gasteiger partial charge < -0.3 is 0 Å². The molecule has 3 rings (SSSR count). The largest absolute Gasteiger partial charge is 0.264 e. The third kappa shape index (κ3) is 4.28. The smallest absolute Gasteiger partial charge is 0.256 e. The minimum Gasteiger partial charge on any atom is -0.256 e. The van der Waals surface area contributed by atoms with Crippen LogP contribution < -0.4 is 4.31 Å². The van der Waals surface area contributed by atoms with Gasteiger partial charge in [0.05, 0.1) is 16.6 Å². The zero-order valence-electron chi connectivity index (χ0n) is 15.8. The molecule has 29 heavy (non-hydrogen) atoms. The van der Waals surface area contributed by atoms with Crippen molar-refractivity contribution >= 4 is 27.3 Å². The lowest BCUT2D eigenvalue weighted by Crippen LogP contribution is -2.35. The highest BCUT2D eigenvalue weighted by molar-refractivity contribution is 7.92. The van der Waals surface area contributed by atoms with E-state index in [-0.39, 0.29) is 10.6 Å². The lowest BCUT2D eigenvalue weighted by atomic mass is 9.99. The third-order valence-electron chi connectivity index (χ3n) is 4.62. The minimum atomic E-state index is -4.23. The van der Waals surface area contributed by atoms with Crippen LogP contribution in [0, 0.1) is 18.1 Å². The Labute approximate surface area is 174 Å². The van der Waals surface area contributed by atoms with Gasteiger partial charge in [-0.05, 0) is 60.9 Å². The lowest BCUT2D eigenvalue weighted by molar-refractivity contribution is 0.570. The molecule has 0 N–H and O–H groups in total. The Bertz CT molecular complexity index is 1120. The highest BCUT2D eigenvalue weighted by Crippen LogP contribution is 2.36. The molecule has 7 heteroatoms. The molecule has 0 unspecified atom stereocenters. The summed E-state index contributed by atoms with van der Waals surface area (Å²) in [5, 5.41) is 0.367. The molecule has 0 aliphatic carbocycles. The van der Waals surface area contributed by atoms with E-state index in [0.29, 0.717) is 10.6 Å². The maximum absolute atomic E-state index is 14.7. The Morgan fingerprint density at radius 3 is 2.31 bits per heavy atom. The van der Waals surface area contributed by atoms with E-state index in [0.717, 1.165) is 28.1 Å². The lowest BCUT2D eigenvalue weighted by Gasteiger charge is -2.32. The quantitative estimate of drug-likeness (QED) is 0.466. The molecule has 0 amide bonds. The summed E-state index contributed by atoms with van der Waals surface area (Å²) in [7, 11) is -4.23. The fraction of sp³-hybridized carbons (Fsp3) is 0.136. The molecule has 0 fully saturated rings. The highest BCUT2D eigenvalue weighted by Gasteiger charge is 2.33. The summed E-state index contributed by atoms with van der Waals surface area (Å²) in [6.07, 6.45) is 1.83. The Morgan fingerprint density at radius 1 is 1.00 bits per heavy atom. The zero-order valence-corrected chi connectivity index (χ0v) is 17.4. The number of hydrogen-bond donors (Lipinski definition) is 0. The van der Waals surface area contributed by atoms with Crippen molar-refractivity contribution in [3.8, 4) is 0 Å². The number of anilines is 1. The van der Waals surface area contributed by atoms with Crippen molar-refractivity contribution in [1.82, 2.24) is 0 Å². The van der Waals surface area contributed by atoms with Gasteiger partial charge in [0.2, 0.25) is 0 Å². The summed E-state index contributed by atoms with van der Waals surface area (Å²) < 4.78 is 56.6. The van der Waals surface area contributed by atoms with E-state index in [2.05, 4.69) is 0 Å². The second kappa shape index (κ2) is 8.51. The minimum absolute atomic E-state index is 0.0737. The topological polar surface area (TPSA) is 37.4 Å². The van der Waals surface area contributed by atoms with Crippen molar-refractivity contribution in [2.45, 2.75) is 24.8 Å². The maximum atomic E-state index is 14.7. The molecule has 3 aromatic rings. The molecule has 3 aromatic carbocycles. The third-order valence-corrected chi connectivity index (χ3v) is 6.78. The summed E-state index contributed by atoms with van der Waals surface area (Å²) in [4.78, 5) is -0.0737. The molecule has 0 aliphatic heterocycles. The molecule has 0 aliphatic rings. The summed E-state index contributed by atoms with van der Waals surface area (Å²) in [6.45, 7) is 3.46. The van der Waals surface area contributed by atoms with Crippen LogP contribution in [0.4, 0.5) is 14.5 Å². The predicted molar refractivity (Wildman–Crippen MR) is 111 cm³/mol. The first-order valence-electron chi connectivity index (χ1n) is 8.89. The monoisotopic (exact) mass is 434 g/mol. The van der Waals surface area contributed by atoms with E-state index >= 15 is 0 Å². The van der Waals surface area contributed by atoms with Gasteiger partial charge >= 0.3 is 0 Å². The molecule has 0 bridgehead atoms. The van der Waals surface area contributed by atoms with Crippen LogP contribution in [0.3, 0.4) is 0 Å². The SMILES string of the molecule is C[CH]c1ccccc1[C@@H](C)N(c1cc(F)ccc1F)S(=O)(=O)c1ccc(Cl)cc1. The number of rotatable bonds is 6. The van der Waals surface area contributed by atoms with Gasteiger partial charge in [0.25, 0.3) is 10.0 Å². The van der Waals surface area contributed by atoms with Crippen LogP contribution in [0.1, 0.15) is 31.0 Å². The molecule has 0 spiro atoms. The fourth-order valence-corrected chi connectivity index (χ4v) is 4.96. The van der Waals surface area contributed by atoms with Gasteiger partial charge in [0.1, 0.15) is 11.6 Å². The van der Waals surface area contributed by atoms with E-state index in [4.69, 9.17) is 11.6 Å². The Hall–Kier alpha value is -2.44. The van der Waals surface area contributed by atoms with Crippen molar-refractivity contribution in [3.05, 3.63) is 101 Å². The molecule has 151 valence electrons. The maximum Gasteiger partial charge on any atom is 0.264 e. The van der Waals surface area contributed by atoms with Crippen LogP contribution in [-0.4, -0.2) is 8.42 Å². The molecule has 0 saturated carbocycles. The molecule has 1 atom stereocenters. The Kier molecular flexibility index (Phi) is 6.24. The van der Waals surface area contributed by atoms with Gasteiger partial charge in [-0.15, -0.1) is 0 Å². The average molecular weight is 435 g/mol. The first-order valence-corrected chi connectivity index (χ1v) is 10.7. The second-order valence-corrected chi connectivity index (χ2v) is 8.70. The van der Waals surface area contributed by atoms with Crippen LogP contribution >= 0.6 is 11.6 Å². The van der Waals surface area contributed by atoms with E-state index in [1.54, 1.807) is 19.1 Å². The van der Waals surface area contributed by atoms with Gasteiger partial charge in [-0.1, -0.05) is 42.8 Å². The van der Waals surface area contributed by atoms with Crippen molar-refractivity contribution in [2.24, 2.45) is 0 Å². The van der Waals surface area contributed by atoms with Gasteiger partial charge in [-0.3, -0.25) is 4.31 Å². The van der Waals surface area contributed by atoms with Crippen LogP contribution in [0.5, 0.6) is 0 Å². The number of halogens is 3. The highest BCUT2D eigenvalue weighted by atomic mass is 35.5. The average Bonchev–Trinajstić information content (AvgIpc) is 2.70. The normalized spacial score (nSPS) is 12.6. The van der Waals surface area contributed by atoms with Crippen molar-refractivity contribution in [1.29, 1.82) is 0 Å². The Balaban J connectivity index is 2.24. The summed E-state index contributed by atoms with van der Waals surface area (Å²) >= 11 is 5.88. The molecular weight excluding hydrogens is 416 g/mol. The first kappa shape index (κ1) is 21.3. The molecule has 1 radical (unpaired) electrons. The van der Waals surface area contributed by atoms with Crippen molar-refractivity contribution in [2.75, 3.05) is 4.31 Å². The molecule has 0 saturated heterocycles. The number of nitrogens with zero attached hydrogens (tertiary/aromatic N) is 1. The van der Waals surface area contributed by atoms with E-state index in [1.807, 2.05) is 25.5 Å². The predicted octanol–water partition coefficient (Wildman–Crippen LogP) is 6.15. The van der Waals surface area contributed by atoms with E-state index in [1.165, 1.54) is 24.3 Å².